The van der Waals surface area contributed by atoms with Crippen molar-refractivity contribution < 1.29 is 9.59 Å². The summed E-state index contributed by atoms with van der Waals surface area (Å²) in [7, 11) is 0. The number of benzene rings is 1. The van der Waals surface area contributed by atoms with Crippen molar-refractivity contribution in [1.82, 2.24) is 10.6 Å². The van der Waals surface area contributed by atoms with E-state index in [0.717, 1.165) is 12.1 Å². The Morgan fingerprint density at radius 1 is 1.37 bits per heavy atom. The predicted molar refractivity (Wildman–Crippen MR) is 74.0 cm³/mol. The maximum absolute atomic E-state index is 11.9. The molecule has 0 aromatic heterocycles. The number of carbonyl (C=O) groups excluding carboxylic acids is 2. The van der Waals surface area contributed by atoms with Gasteiger partial charge in [-0.1, -0.05) is 25.1 Å². The SMILES string of the molecule is CCCNC(=O)N[C@@H]1CC(=O)N(c2ccccc2)C1. The maximum Gasteiger partial charge on any atom is 0.315 e. The molecule has 0 spiro atoms. The molecule has 19 heavy (non-hydrogen) atoms. The molecule has 1 fully saturated rings. The first-order chi connectivity index (χ1) is 9.20. The number of hydrogen-bond acceptors (Lipinski definition) is 2. The number of nitrogens with one attached hydrogen (secondary N) is 2. The number of para-hydroxylation sites is 1. The number of anilines is 1. The fourth-order valence-corrected chi connectivity index (χ4v) is 2.14. The molecule has 1 saturated heterocycles. The number of urea groups is 1. The van der Waals surface area contributed by atoms with Crippen LogP contribution < -0.4 is 15.5 Å². The molecule has 5 nitrogen and oxygen atoms in total. The largest absolute Gasteiger partial charge is 0.338 e. The summed E-state index contributed by atoms with van der Waals surface area (Å²) in [5.41, 5.74) is 0.880. The van der Waals surface area contributed by atoms with E-state index in [1.165, 1.54) is 0 Å². The van der Waals surface area contributed by atoms with Gasteiger partial charge in [0, 0.05) is 25.2 Å². The Labute approximate surface area is 113 Å². The second-order valence-electron chi connectivity index (χ2n) is 4.64. The van der Waals surface area contributed by atoms with Gasteiger partial charge in [-0.25, -0.2) is 4.79 Å². The fourth-order valence-electron chi connectivity index (χ4n) is 2.14. The highest BCUT2D eigenvalue weighted by atomic mass is 16.2. The predicted octanol–water partition coefficient (Wildman–Crippen LogP) is 1.50. The highest BCUT2D eigenvalue weighted by molar-refractivity contribution is 5.96. The zero-order valence-electron chi connectivity index (χ0n) is 11.1. The smallest absolute Gasteiger partial charge is 0.315 e. The minimum Gasteiger partial charge on any atom is -0.338 e. The molecular formula is C14H19N3O2. The van der Waals surface area contributed by atoms with Crippen LogP contribution in [0.2, 0.25) is 0 Å². The van der Waals surface area contributed by atoms with Crippen molar-refractivity contribution in [2.75, 3.05) is 18.0 Å². The van der Waals surface area contributed by atoms with Gasteiger partial charge in [0.15, 0.2) is 0 Å². The fraction of sp³-hybridized carbons (Fsp3) is 0.429. The van der Waals surface area contributed by atoms with Gasteiger partial charge in [0.1, 0.15) is 0 Å². The van der Waals surface area contributed by atoms with Crippen molar-refractivity contribution >= 4 is 17.6 Å². The van der Waals surface area contributed by atoms with Crippen LogP contribution >= 0.6 is 0 Å². The van der Waals surface area contributed by atoms with Crippen LogP contribution in [0.25, 0.3) is 0 Å². The molecule has 0 aliphatic carbocycles. The van der Waals surface area contributed by atoms with Gasteiger partial charge in [0.2, 0.25) is 5.91 Å². The quantitative estimate of drug-likeness (QED) is 0.863. The molecule has 2 rings (SSSR count). The lowest BCUT2D eigenvalue weighted by molar-refractivity contribution is -0.117. The Morgan fingerprint density at radius 3 is 2.79 bits per heavy atom. The third-order valence-corrected chi connectivity index (χ3v) is 3.06. The van der Waals surface area contributed by atoms with Crippen molar-refractivity contribution in [1.29, 1.82) is 0 Å². The highest BCUT2D eigenvalue weighted by Crippen LogP contribution is 2.20. The Balaban J connectivity index is 1.91. The number of nitrogens with zero attached hydrogens (tertiary/aromatic N) is 1. The first-order valence-electron chi connectivity index (χ1n) is 6.60. The van der Waals surface area contributed by atoms with Gasteiger partial charge in [-0.2, -0.15) is 0 Å². The van der Waals surface area contributed by atoms with Gasteiger partial charge >= 0.3 is 6.03 Å². The van der Waals surface area contributed by atoms with E-state index in [2.05, 4.69) is 10.6 Å². The monoisotopic (exact) mass is 261 g/mol. The summed E-state index contributed by atoms with van der Waals surface area (Å²) in [4.78, 5) is 25.2. The molecule has 3 amide bonds. The third kappa shape index (κ3) is 3.47. The molecule has 0 radical (unpaired) electrons. The average Bonchev–Trinajstić information content (AvgIpc) is 2.78. The maximum atomic E-state index is 11.9. The van der Waals surface area contributed by atoms with Gasteiger partial charge in [-0.05, 0) is 18.6 Å². The minimum atomic E-state index is -0.199. The molecule has 1 heterocycles. The van der Waals surface area contributed by atoms with E-state index >= 15 is 0 Å². The van der Waals surface area contributed by atoms with E-state index < -0.39 is 0 Å². The van der Waals surface area contributed by atoms with E-state index in [1.807, 2.05) is 37.3 Å². The van der Waals surface area contributed by atoms with E-state index in [1.54, 1.807) is 4.90 Å². The van der Waals surface area contributed by atoms with Gasteiger partial charge < -0.3 is 15.5 Å². The Bertz CT molecular complexity index is 447. The molecule has 1 aromatic carbocycles. The third-order valence-electron chi connectivity index (χ3n) is 3.06. The summed E-state index contributed by atoms with van der Waals surface area (Å²) in [6.45, 7) is 3.17. The number of amides is 3. The molecule has 1 atom stereocenters. The molecular weight excluding hydrogens is 242 g/mol. The van der Waals surface area contributed by atoms with Crippen molar-refractivity contribution in [3.05, 3.63) is 30.3 Å². The second kappa shape index (κ2) is 6.22. The van der Waals surface area contributed by atoms with Crippen LogP contribution in [0.1, 0.15) is 19.8 Å². The molecule has 0 unspecified atom stereocenters. The van der Waals surface area contributed by atoms with E-state index in [-0.39, 0.29) is 18.0 Å². The van der Waals surface area contributed by atoms with E-state index in [0.29, 0.717) is 19.5 Å². The van der Waals surface area contributed by atoms with Crippen LogP contribution in [0.5, 0.6) is 0 Å². The lowest BCUT2D eigenvalue weighted by Gasteiger charge is -2.17. The highest BCUT2D eigenvalue weighted by Gasteiger charge is 2.31. The molecule has 0 saturated carbocycles. The number of hydrogen-bond donors (Lipinski definition) is 2. The van der Waals surface area contributed by atoms with Gasteiger partial charge in [-0.3, -0.25) is 4.79 Å². The van der Waals surface area contributed by atoms with Crippen LogP contribution in [-0.4, -0.2) is 31.1 Å². The summed E-state index contributed by atoms with van der Waals surface area (Å²) in [5, 5.41) is 5.58. The first kappa shape index (κ1) is 13.4. The Kier molecular flexibility index (Phi) is 4.39. The van der Waals surface area contributed by atoms with Crippen molar-refractivity contribution in [3.8, 4) is 0 Å². The lowest BCUT2D eigenvalue weighted by Crippen LogP contribution is -2.43. The van der Waals surface area contributed by atoms with Crippen molar-refractivity contribution in [2.24, 2.45) is 0 Å². The molecule has 102 valence electrons. The van der Waals surface area contributed by atoms with Gasteiger partial charge in [0.05, 0.1) is 6.04 Å². The zero-order valence-corrected chi connectivity index (χ0v) is 11.1. The summed E-state index contributed by atoms with van der Waals surface area (Å²) in [6, 6.07) is 9.20. The average molecular weight is 261 g/mol. The normalized spacial score (nSPS) is 18.5. The molecule has 0 bridgehead atoms. The van der Waals surface area contributed by atoms with Crippen LogP contribution in [0.3, 0.4) is 0 Å². The van der Waals surface area contributed by atoms with Gasteiger partial charge in [0.25, 0.3) is 0 Å². The summed E-state index contributed by atoms with van der Waals surface area (Å²) in [6.07, 6.45) is 1.25. The molecule has 5 heteroatoms. The molecule has 1 aromatic rings. The minimum absolute atomic E-state index is 0.0481. The van der Waals surface area contributed by atoms with E-state index in [4.69, 9.17) is 0 Å². The molecule has 1 aliphatic rings. The first-order valence-corrected chi connectivity index (χ1v) is 6.60. The topological polar surface area (TPSA) is 61.4 Å². The number of carbonyl (C=O) groups is 2. The van der Waals surface area contributed by atoms with E-state index in [9.17, 15) is 9.59 Å². The van der Waals surface area contributed by atoms with Crippen molar-refractivity contribution in [3.63, 3.8) is 0 Å². The van der Waals surface area contributed by atoms with Crippen LogP contribution in [0.15, 0.2) is 30.3 Å². The van der Waals surface area contributed by atoms with Crippen LogP contribution in [0.4, 0.5) is 10.5 Å². The zero-order chi connectivity index (χ0) is 13.7. The second-order valence-corrected chi connectivity index (χ2v) is 4.64. The lowest BCUT2D eigenvalue weighted by atomic mass is 10.2. The van der Waals surface area contributed by atoms with Crippen LogP contribution in [0, 0.1) is 0 Å². The summed E-state index contributed by atoms with van der Waals surface area (Å²) < 4.78 is 0. The summed E-state index contributed by atoms with van der Waals surface area (Å²) in [5.74, 6) is 0.0481. The Hall–Kier alpha value is -2.04. The van der Waals surface area contributed by atoms with Crippen molar-refractivity contribution in [2.45, 2.75) is 25.8 Å². The van der Waals surface area contributed by atoms with Crippen LogP contribution in [-0.2, 0) is 4.79 Å². The number of rotatable bonds is 4. The van der Waals surface area contributed by atoms with Gasteiger partial charge in [-0.15, -0.1) is 0 Å². The molecule has 1 aliphatic heterocycles. The molecule has 2 N–H and O–H groups in total. The summed E-state index contributed by atoms with van der Waals surface area (Å²) >= 11 is 0. The standard InChI is InChI=1S/C14H19N3O2/c1-2-8-15-14(19)16-11-9-13(18)17(10-11)12-6-4-3-5-7-12/h3-7,11H,2,8-10H2,1H3,(H2,15,16,19)/t11-/m1/s1. The Morgan fingerprint density at radius 2 is 2.11 bits per heavy atom.